The standard InChI is InChI=1S/C13H11N4/c14-12-5-4-10-8-11(9-15-13(10)16-12)17-6-2-1-3-7-17/h1-9H,(H2,14,15,16)/q+1. The molecule has 0 aliphatic heterocycles. The lowest BCUT2D eigenvalue weighted by atomic mass is 10.2. The predicted molar refractivity (Wildman–Crippen MR) is 65.5 cm³/mol. The van der Waals surface area contributed by atoms with Crippen LogP contribution in [0.2, 0.25) is 0 Å². The summed E-state index contributed by atoms with van der Waals surface area (Å²) in [6.45, 7) is 0. The van der Waals surface area contributed by atoms with Crippen molar-refractivity contribution < 1.29 is 4.57 Å². The number of hydrogen-bond acceptors (Lipinski definition) is 3. The minimum Gasteiger partial charge on any atom is -0.384 e. The molecule has 17 heavy (non-hydrogen) atoms. The zero-order valence-corrected chi connectivity index (χ0v) is 9.12. The maximum absolute atomic E-state index is 5.62. The summed E-state index contributed by atoms with van der Waals surface area (Å²) in [6.07, 6.45) is 5.75. The van der Waals surface area contributed by atoms with E-state index in [2.05, 4.69) is 9.97 Å². The van der Waals surface area contributed by atoms with Crippen molar-refractivity contribution in [1.29, 1.82) is 0 Å². The van der Waals surface area contributed by atoms with Gasteiger partial charge in [0, 0.05) is 23.6 Å². The number of pyridine rings is 3. The Balaban J connectivity index is 2.17. The van der Waals surface area contributed by atoms with Crippen LogP contribution in [0.1, 0.15) is 0 Å². The number of nitrogen functional groups attached to an aromatic ring is 1. The molecule has 4 nitrogen and oxygen atoms in total. The zero-order valence-electron chi connectivity index (χ0n) is 9.12. The SMILES string of the molecule is Nc1ccc2cc(-[n+]3ccccc3)cnc2n1. The molecule has 0 amide bonds. The highest BCUT2D eigenvalue weighted by molar-refractivity contribution is 5.77. The summed E-state index contributed by atoms with van der Waals surface area (Å²) < 4.78 is 2.00. The van der Waals surface area contributed by atoms with Crippen molar-refractivity contribution in [2.45, 2.75) is 0 Å². The summed E-state index contributed by atoms with van der Waals surface area (Å²) in [5.41, 5.74) is 7.29. The molecular formula is C13H11N4+. The van der Waals surface area contributed by atoms with E-state index < -0.39 is 0 Å². The summed E-state index contributed by atoms with van der Waals surface area (Å²) in [4.78, 5) is 8.47. The largest absolute Gasteiger partial charge is 0.384 e. The van der Waals surface area contributed by atoms with Crippen molar-refractivity contribution >= 4 is 16.9 Å². The van der Waals surface area contributed by atoms with Crippen molar-refractivity contribution in [2.75, 3.05) is 5.73 Å². The number of fused-ring (bicyclic) bond motifs is 1. The smallest absolute Gasteiger partial charge is 0.229 e. The molecule has 0 unspecified atom stereocenters. The van der Waals surface area contributed by atoms with Crippen molar-refractivity contribution in [3.63, 3.8) is 0 Å². The molecule has 4 heteroatoms. The molecule has 0 aliphatic rings. The second kappa shape index (κ2) is 3.83. The Morgan fingerprint density at radius 3 is 2.71 bits per heavy atom. The Morgan fingerprint density at radius 2 is 1.88 bits per heavy atom. The van der Waals surface area contributed by atoms with Crippen LogP contribution in [0, 0.1) is 0 Å². The van der Waals surface area contributed by atoms with E-state index in [1.807, 2.05) is 47.3 Å². The number of nitrogens with two attached hydrogens (primary N) is 1. The second-order valence-electron chi connectivity index (χ2n) is 3.76. The lowest BCUT2D eigenvalue weighted by molar-refractivity contribution is -0.595. The highest BCUT2D eigenvalue weighted by Crippen LogP contribution is 2.12. The lowest BCUT2D eigenvalue weighted by Crippen LogP contribution is -2.29. The van der Waals surface area contributed by atoms with Gasteiger partial charge in [-0.25, -0.2) is 9.97 Å². The van der Waals surface area contributed by atoms with Gasteiger partial charge in [0.1, 0.15) is 12.0 Å². The first-order valence-electron chi connectivity index (χ1n) is 5.32. The van der Waals surface area contributed by atoms with Gasteiger partial charge in [-0.1, -0.05) is 6.07 Å². The monoisotopic (exact) mass is 223 g/mol. The van der Waals surface area contributed by atoms with Crippen LogP contribution in [-0.2, 0) is 0 Å². The fourth-order valence-corrected chi connectivity index (χ4v) is 1.73. The molecule has 0 radical (unpaired) electrons. The van der Waals surface area contributed by atoms with Gasteiger partial charge in [0.2, 0.25) is 5.69 Å². The topological polar surface area (TPSA) is 55.7 Å². The van der Waals surface area contributed by atoms with E-state index >= 15 is 0 Å². The number of aromatic nitrogens is 3. The fraction of sp³-hybridized carbons (Fsp3) is 0. The van der Waals surface area contributed by atoms with Gasteiger partial charge >= 0.3 is 0 Å². The average Bonchev–Trinajstić information content (AvgIpc) is 2.39. The minimum atomic E-state index is 0.491. The summed E-state index contributed by atoms with van der Waals surface area (Å²) in [7, 11) is 0. The van der Waals surface area contributed by atoms with E-state index in [-0.39, 0.29) is 0 Å². The number of hydrogen-bond donors (Lipinski definition) is 1. The molecule has 0 atom stereocenters. The second-order valence-corrected chi connectivity index (χ2v) is 3.76. The average molecular weight is 223 g/mol. The van der Waals surface area contributed by atoms with Gasteiger partial charge in [0.15, 0.2) is 18.0 Å². The van der Waals surface area contributed by atoms with Crippen LogP contribution in [0.25, 0.3) is 16.7 Å². The van der Waals surface area contributed by atoms with Gasteiger partial charge in [-0.15, -0.1) is 0 Å². The molecular weight excluding hydrogens is 212 g/mol. The zero-order chi connectivity index (χ0) is 11.7. The molecule has 3 heterocycles. The molecule has 0 saturated carbocycles. The third-order valence-corrected chi connectivity index (χ3v) is 2.56. The third kappa shape index (κ3) is 1.80. The summed E-state index contributed by atoms with van der Waals surface area (Å²) in [5.74, 6) is 0.491. The molecule has 3 aromatic rings. The summed E-state index contributed by atoms with van der Waals surface area (Å²) >= 11 is 0. The quantitative estimate of drug-likeness (QED) is 0.636. The Hall–Kier alpha value is -2.49. The molecule has 0 aliphatic carbocycles. The van der Waals surface area contributed by atoms with E-state index in [0.29, 0.717) is 11.5 Å². The van der Waals surface area contributed by atoms with E-state index in [1.54, 1.807) is 12.3 Å². The molecule has 2 N–H and O–H groups in total. The van der Waals surface area contributed by atoms with Gasteiger partial charge in [-0.05, 0) is 12.1 Å². The Bertz CT molecular complexity index is 665. The van der Waals surface area contributed by atoms with Gasteiger partial charge in [-0.3, -0.25) is 0 Å². The van der Waals surface area contributed by atoms with Crippen molar-refractivity contribution in [3.05, 3.63) is 55.0 Å². The Morgan fingerprint density at radius 1 is 1.06 bits per heavy atom. The van der Waals surface area contributed by atoms with E-state index in [0.717, 1.165) is 11.1 Å². The number of anilines is 1. The van der Waals surface area contributed by atoms with E-state index in [4.69, 9.17) is 5.73 Å². The van der Waals surface area contributed by atoms with Crippen LogP contribution in [0.15, 0.2) is 55.0 Å². The van der Waals surface area contributed by atoms with Crippen LogP contribution in [0.4, 0.5) is 5.82 Å². The number of rotatable bonds is 1. The minimum absolute atomic E-state index is 0.491. The molecule has 3 aromatic heterocycles. The van der Waals surface area contributed by atoms with Gasteiger partial charge < -0.3 is 5.73 Å². The van der Waals surface area contributed by atoms with Crippen LogP contribution in [0.5, 0.6) is 0 Å². The van der Waals surface area contributed by atoms with Crippen molar-refractivity contribution in [3.8, 4) is 5.69 Å². The molecule has 3 rings (SSSR count). The number of nitrogens with zero attached hydrogens (tertiary/aromatic N) is 3. The first-order valence-corrected chi connectivity index (χ1v) is 5.32. The Kier molecular flexibility index (Phi) is 2.19. The van der Waals surface area contributed by atoms with Crippen molar-refractivity contribution in [2.24, 2.45) is 0 Å². The fourth-order valence-electron chi connectivity index (χ4n) is 1.73. The highest BCUT2D eigenvalue weighted by Gasteiger charge is 2.07. The highest BCUT2D eigenvalue weighted by atomic mass is 15.0. The van der Waals surface area contributed by atoms with E-state index in [1.165, 1.54) is 0 Å². The maximum Gasteiger partial charge on any atom is 0.229 e. The van der Waals surface area contributed by atoms with Crippen molar-refractivity contribution in [1.82, 2.24) is 9.97 Å². The molecule has 0 fully saturated rings. The van der Waals surface area contributed by atoms with Gasteiger partial charge in [0.05, 0.1) is 0 Å². The molecule has 0 bridgehead atoms. The molecule has 0 spiro atoms. The van der Waals surface area contributed by atoms with E-state index in [9.17, 15) is 0 Å². The first-order chi connectivity index (χ1) is 8.33. The lowest BCUT2D eigenvalue weighted by Gasteiger charge is -1.99. The van der Waals surface area contributed by atoms with Gasteiger partial charge in [-0.2, -0.15) is 4.57 Å². The molecule has 0 saturated heterocycles. The van der Waals surface area contributed by atoms with Crippen LogP contribution in [0.3, 0.4) is 0 Å². The molecule has 0 aromatic carbocycles. The van der Waals surface area contributed by atoms with Crippen LogP contribution >= 0.6 is 0 Å². The van der Waals surface area contributed by atoms with Crippen LogP contribution in [-0.4, -0.2) is 9.97 Å². The summed E-state index contributed by atoms with van der Waals surface area (Å²) in [6, 6.07) is 11.7. The first kappa shape index (κ1) is 9.72. The molecule has 82 valence electrons. The predicted octanol–water partition coefficient (Wildman–Crippen LogP) is 1.49. The van der Waals surface area contributed by atoms with Gasteiger partial charge in [0.25, 0.3) is 0 Å². The Labute approximate surface area is 98.4 Å². The third-order valence-electron chi connectivity index (χ3n) is 2.56. The summed E-state index contributed by atoms with van der Waals surface area (Å²) in [5, 5.41) is 0.980. The normalized spacial score (nSPS) is 10.6. The maximum atomic E-state index is 5.62. The van der Waals surface area contributed by atoms with Crippen LogP contribution < -0.4 is 10.3 Å².